The molecule has 0 unspecified atom stereocenters. The Labute approximate surface area is 91.8 Å². The molecule has 1 rings (SSSR count). The van der Waals surface area contributed by atoms with Crippen LogP contribution in [-0.2, 0) is 4.74 Å². The number of aliphatic hydroxyl groups excluding tert-OH is 2. The van der Waals surface area contributed by atoms with Gasteiger partial charge in [0.05, 0.1) is 19.3 Å². The van der Waals surface area contributed by atoms with Crippen LogP contribution in [0.4, 0.5) is 0 Å². The van der Waals surface area contributed by atoms with Crippen LogP contribution in [-0.4, -0.2) is 60.2 Å². The quantitative estimate of drug-likeness (QED) is 0.692. The van der Waals surface area contributed by atoms with Gasteiger partial charge >= 0.3 is 0 Å². The molecule has 0 radical (unpaired) electrons. The van der Waals surface area contributed by atoms with Crippen molar-refractivity contribution >= 4 is 0 Å². The topological polar surface area (TPSA) is 52.9 Å². The van der Waals surface area contributed by atoms with Gasteiger partial charge in [0.25, 0.3) is 0 Å². The van der Waals surface area contributed by atoms with Gasteiger partial charge in [0, 0.05) is 25.7 Å². The molecule has 0 aromatic carbocycles. The molecule has 0 bridgehead atoms. The molecule has 1 aliphatic heterocycles. The number of piperidine rings is 1. The summed E-state index contributed by atoms with van der Waals surface area (Å²) in [7, 11) is 1.59. The third-order valence-electron chi connectivity index (χ3n) is 3.19. The molecule has 1 heterocycles. The van der Waals surface area contributed by atoms with E-state index in [4.69, 9.17) is 4.74 Å². The highest BCUT2D eigenvalue weighted by Gasteiger charge is 2.28. The van der Waals surface area contributed by atoms with Crippen molar-refractivity contribution in [2.24, 2.45) is 0 Å². The Kier molecular flexibility index (Phi) is 5.53. The van der Waals surface area contributed by atoms with Crippen LogP contribution in [0.1, 0.15) is 26.2 Å². The Morgan fingerprint density at radius 2 is 2.20 bits per heavy atom. The van der Waals surface area contributed by atoms with Crippen molar-refractivity contribution in [3.63, 3.8) is 0 Å². The number of rotatable bonds is 5. The zero-order valence-electron chi connectivity index (χ0n) is 9.72. The van der Waals surface area contributed by atoms with E-state index in [0.29, 0.717) is 19.2 Å². The van der Waals surface area contributed by atoms with Gasteiger partial charge in [-0.2, -0.15) is 0 Å². The highest BCUT2D eigenvalue weighted by atomic mass is 16.5. The lowest BCUT2D eigenvalue weighted by molar-refractivity contribution is -0.0128. The fraction of sp³-hybridized carbons (Fsp3) is 1.00. The lowest BCUT2D eigenvalue weighted by Crippen LogP contribution is -2.50. The first-order valence-corrected chi connectivity index (χ1v) is 5.72. The van der Waals surface area contributed by atoms with Crippen LogP contribution in [0, 0.1) is 0 Å². The minimum atomic E-state index is -0.454. The van der Waals surface area contributed by atoms with E-state index in [1.807, 2.05) is 0 Å². The summed E-state index contributed by atoms with van der Waals surface area (Å²) in [4.78, 5) is 2.20. The molecule has 1 fully saturated rings. The number of ether oxygens (including phenoxy) is 1. The van der Waals surface area contributed by atoms with Crippen molar-refractivity contribution in [2.45, 2.75) is 44.4 Å². The molecule has 2 N–H and O–H groups in total. The molecule has 0 aromatic rings. The van der Waals surface area contributed by atoms with Crippen molar-refractivity contribution in [1.29, 1.82) is 0 Å². The van der Waals surface area contributed by atoms with E-state index >= 15 is 0 Å². The van der Waals surface area contributed by atoms with Crippen molar-refractivity contribution in [1.82, 2.24) is 4.90 Å². The molecule has 4 nitrogen and oxygen atoms in total. The molecule has 1 saturated heterocycles. The largest absolute Gasteiger partial charge is 0.395 e. The van der Waals surface area contributed by atoms with Gasteiger partial charge in [-0.05, 0) is 19.8 Å². The predicted octanol–water partition coefficient (Wildman–Crippen LogP) is 0.229. The third kappa shape index (κ3) is 3.72. The minimum Gasteiger partial charge on any atom is -0.395 e. The number of hydrogen-bond donors (Lipinski definition) is 2. The Hall–Kier alpha value is -0.160. The zero-order valence-corrected chi connectivity index (χ0v) is 9.72. The van der Waals surface area contributed by atoms with E-state index in [1.165, 1.54) is 6.42 Å². The van der Waals surface area contributed by atoms with E-state index in [2.05, 4.69) is 11.8 Å². The standard InChI is InChI=1S/C11H23NO3/c1-9-4-3-5-10(7-13)12(9)6-11(14)8-15-2/h9-11,13-14H,3-8H2,1-2H3/t9-,10+,11+/m0/s1. The summed E-state index contributed by atoms with van der Waals surface area (Å²) in [6, 6.07) is 0.655. The minimum absolute atomic E-state index is 0.185. The number of methoxy groups -OCH3 is 1. The maximum absolute atomic E-state index is 9.68. The van der Waals surface area contributed by atoms with Gasteiger partial charge in [-0.25, -0.2) is 0 Å². The molecule has 0 aromatic heterocycles. The fourth-order valence-electron chi connectivity index (χ4n) is 2.35. The van der Waals surface area contributed by atoms with Crippen LogP contribution in [0.2, 0.25) is 0 Å². The molecular weight excluding hydrogens is 194 g/mol. The smallest absolute Gasteiger partial charge is 0.0900 e. The van der Waals surface area contributed by atoms with Gasteiger partial charge in [0.1, 0.15) is 0 Å². The second kappa shape index (κ2) is 6.43. The second-order valence-corrected chi connectivity index (χ2v) is 4.42. The van der Waals surface area contributed by atoms with Gasteiger partial charge in [-0.3, -0.25) is 4.90 Å². The molecule has 0 aliphatic carbocycles. The van der Waals surface area contributed by atoms with E-state index < -0.39 is 6.10 Å². The lowest BCUT2D eigenvalue weighted by Gasteiger charge is -2.40. The first-order valence-electron chi connectivity index (χ1n) is 5.72. The summed E-state index contributed by atoms with van der Waals surface area (Å²) < 4.78 is 4.91. The Bertz CT molecular complexity index is 177. The Morgan fingerprint density at radius 1 is 1.47 bits per heavy atom. The highest BCUT2D eigenvalue weighted by molar-refractivity contribution is 4.83. The molecule has 4 heteroatoms. The summed E-state index contributed by atoms with van der Waals surface area (Å²) in [5.74, 6) is 0. The van der Waals surface area contributed by atoms with Crippen LogP contribution in [0.15, 0.2) is 0 Å². The van der Waals surface area contributed by atoms with Gasteiger partial charge in [-0.15, -0.1) is 0 Å². The second-order valence-electron chi connectivity index (χ2n) is 4.42. The van der Waals surface area contributed by atoms with Crippen LogP contribution < -0.4 is 0 Å². The maximum Gasteiger partial charge on any atom is 0.0900 e. The molecule has 15 heavy (non-hydrogen) atoms. The lowest BCUT2D eigenvalue weighted by atomic mass is 9.96. The molecular formula is C11H23NO3. The van der Waals surface area contributed by atoms with E-state index in [0.717, 1.165) is 12.8 Å². The number of hydrogen-bond acceptors (Lipinski definition) is 4. The molecule has 1 aliphatic rings. The average Bonchev–Trinajstić information content (AvgIpc) is 2.21. The Morgan fingerprint density at radius 3 is 2.80 bits per heavy atom. The normalized spacial score (nSPS) is 30.4. The number of aliphatic hydroxyl groups is 2. The molecule has 0 saturated carbocycles. The van der Waals surface area contributed by atoms with Gasteiger partial charge in [0.2, 0.25) is 0 Å². The van der Waals surface area contributed by atoms with E-state index in [9.17, 15) is 10.2 Å². The SMILES string of the molecule is COC[C@H](O)CN1[C@@H](CO)CCC[C@@H]1C. The van der Waals surface area contributed by atoms with E-state index in [1.54, 1.807) is 7.11 Å². The number of likely N-dealkylation sites (tertiary alicyclic amines) is 1. The van der Waals surface area contributed by atoms with Crippen LogP contribution in [0.3, 0.4) is 0 Å². The van der Waals surface area contributed by atoms with Crippen molar-refractivity contribution in [3.05, 3.63) is 0 Å². The molecule has 0 spiro atoms. The van der Waals surface area contributed by atoms with Crippen molar-refractivity contribution in [2.75, 3.05) is 26.9 Å². The summed E-state index contributed by atoms with van der Waals surface area (Å²) in [6.07, 6.45) is 2.89. The number of nitrogens with zero attached hydrogens (tertiary/aromatic N) is 1. The van der Waals surface area contributed by atoms with Crippen molar-refractivity contribution < 1.29 is 14.9 Å². The fourth-order valence-corrected chi connectivity index (χ4v) is 2.35. The van der Waals surface area contributed by atoms with Gasteiger partial charge in [0.15, 0.2) is 0 Å². The monoisotopic (exact) mass is 217 g/mol. The molecule has 0 amide bonds. The maximum atomic E-state index is 9.68. The van der Waals surface area contributed by atoms with Crippen LogP contribution >= 0.6 is 0 Å². The molecule has 3 atom stereocenters. The average molecular weight is 217 g/mol. The summed E-state index contributed by atoms with van der Waals surface area (Å²) >= 11 is 0. The van der Waals surface area contributed by atoms with Crippen LogP contribution in [0.5, 0.6) is 0 Å². The third-order valence-corrected chi connectivity index (χ3v) is 3.19. The summed E-state index contributed by atoms with van der Waals surface area (Å²) in [5, 5.41) is 19.0. The summed E-state index contributed by atoms with van der Waals surface area (Å²) in [5.41, 5.74) is 0. The zero-order chi connectivity index (χ0) is 11.3. The van der Waals surface area contributed by atoms with Gasteiger partial charge < -0.3 is 14.9 Å². The predicted molar refractivity (Wildman–Crippen MR) is 58.8 cm³/mol. The highest BCUT2D eigenvalue weighted by Crippen LogP contribution is 2.22. The first-order chi connectivity index (χ1) is 7.19. The Balaban J connectivity index is 2.46. The number of β-amino-alcohol motifs (C(OH)–C–C–N with tert-alkyl or cyclic N) is 1. The van der Waals surface area contributed by atoms with E-state index in [-0.39, 0.29) is 12.6 Å². The van der Waals surface area contributed by atoms with Crippen LogP contribution in [0.25, 0.3) is 0 Å². The summed E-state index contributed by atoms with van der Waals surface area (Å²) in [6.45, 7) is 3.30. The molecule has 90 valence electrons. The first kappa shape index (κ1) is 12.9. The van der Waals surface area contributed by atoms with Gasteiger partial charge in [-0.1, -0.05) is 6.42 Å². The van der Waals surface area contributed by atoms with Crippen molar-refractivity contribution in [3.8, 4) is 0 Å².